The van der Waals surface area contributed by atoms with Crippen LogP contribution in [0, 0.1) is 18.8 Å². The number of ether oxygens (including phenoxy) is 2. The highest BCUT2D eigenvalue weighted by atomic mass is 32.1. The highest BCUT2D eigenvalue weighted by molar-refractivity contribution is 7.09. The molecule has 2 aromatic carbocycles. The summed E-state index contributed by atoms with van der Waals surface area (Å²) in [7, 11) is 1.73. The second-order valence-electron chi connectivity index (χ2n) is 6.16. The lowest BCUT2D eigenvalue weighted by molar-refractivity contribution is 0.0182. The first-order chi connectivity index (χ1) is 13.2. The Morgan fingerprint density at radius 3 is 2.70 bits per heavy atom. The van der Waals surface area contributed by atoms with E-state index in [-0.39, 0.29) is 0 Å². The van der Waals surface area contributed by atoms with Crippen LogP contribution in [-0.4, -0.2) is 18.7 Å². The first-order valence-electron chi connectivity index (χ1n) is 8.92. The third kappa shape index (κ3) is 4.21. The summed E-state index contributed by atoms with van der Waals surface area (Å²) >= 11 is 1.60. The summed E-state index contributed by atoms with van der Waals surface area (Å²) in [5, 5.41) is 2.92. The molecule has 3 aromatic rings. The van der Waals surface area contributed by atoms with Gasteiger partial charge >= 0.3 is 0 Å². The zero-order chi connectivity index (χ0) is 19.1. The SMILES string of the molecule is CCC(OC)(c1cccc(OCC#Cc2ccccc2C)c1)c1nccs1. The van der Waals surface area contributed by atoms with Crippen LogP contribution in [-0.2, 0) is 10.3 Å². The molecule has 0 aliphatic rings. The number of hydrogen-bond acceptors (Lipinski definition) is 4. The Labute approximate surface area is 165 Å². The van der Waals surface area contributed by atoms with Crippen LogP contribution in [0.15, 0.2) is 60.1 Å². The Hall–Kier alpha value is -2.61. The van der Waals surface area contributed by atoms with Crippen molar-refractivity contribution in [2.75, 3.05) is 13.7 Å². The number of aromatic nitrogens is 1. The summed E-state index contributed by atoms with van der Waals surface area (Å²) in [4.78, 5) is 4.48. The van der Waals surface area contributed by atoms with Crippen molar-refractivity contribution in [2.24, 2.45) is 0 Å². The fraction of sp³-hybridized carbons (Fsp3) is 0.261. The molecule has 0 saturated carbocycles. The molecule has 0 aliphatic carbocycles. The van der Waals surface area contributed by atoms with Gasteiger partial charge < -0.3 is 9.47 Å². The van der Waals surface area contributed by atoms with Gasteiger partial charge in [0, 0.05) is 24.3 Å². The fourth-order valence-electron chi connectivity index (χ4n) is 3.05. The Kier molecular flexibility index (Phi) is 6.28. The smallest absolute Gasteiger partial charge is 0.149 e. The van der Waals surface area contributed by atoms with Gasteiger partial charge in [0.2, 0.25) is 0 Å². The van der Waals surface area contributed by atoms with Gasteiger partial charge in [-0.1, -0.05) is 49.1 Å². The van der Waals surface area contributed by atoms with Crippen LogP contribution < -0.4 is 4.74 Å². The number of rotatable bonds is 6. The van der Waals surface area contributed by atoms with Gasteiger partial charge in [0.05, 0.1) is 0 Å². The van der Waals surface area contributed by atoms with Gasteiger partial charge in [0.15, 0.2) is 0 Å². The Balaban J connectivity index is 1.77. The summed E-state index contributed by atoms with van der Waals surface area (Å²) in [6.45, 7) is 4.50. The molecule has 0 aliphatic heterocycles. The quantitative estimate of drug-likeness (QED) is 0.555. The van der Waals surface area contributed by atoms with Crippen LogP contribution >= 0.6 is 11.3 Å². The third-order valence-electron chi connectivity index (χ3n) is 4.60. The van der Waals surface area contributed by atoms with E-state index in [1.807, 2.05) is 48.0 Å². The van der Waals surface area contributed by atoms with Gasteiger partial charge in [0.1, 0.15) is 23.0 Å². The lowest BCUT2D eigenvalue weighted by atomic mass is 9.91. The molecule has 3 rings (SSSR count). The van der Waals surface area contributed by atoms with E-state index >= 15 is 0 Å². The fourth-order valence-corrected chi connectivity index (χ4v) is 3.96. The van der Waals surface area contributed by atoms with Crippen LogP contribution in [0.1, 0.15) is 35.0 Å². The first kappa shape index (κ1) is 19.2. The van der Waals surface area contributed by atoms with Gasteiger partial charge in [-0.05, 0) is 42.7 Å². The van der Waals surface area contributed by atoms with Crippen molar-refractivity contribution >= 4 is 11.3 Å². The van der Waals surface area contributed by atoms with Gasteiger partial charge in [-0.2, -0.15) is 0 Å². The van der Waals surface area contributed by atoms with Crippen molar-refractivity contribution in [1.82, 2.24) is 4.98 Å². The topological polar surface area (TPSA) is 31.4 Å². The summed E-state index contributed by atoms with van der Waals surface area (Å²) in [6, 6.07) is 16.1. The Bertz CT molecular complexity index is 934. The highest BCUT2D eigenvalue weighted by Gasteiger charge is 2.35. The first-order valence-corrected chi connectivity index (χ1v) is 9.80. The Morgan fingerprint density at radius 2 is 2.00 bits per heavy atom. The minimum absolute atomic E-state index is 0.334. The van der Waals surface area contributed by atoms with Gasteiger partial charge in [-0.15, -0.1) is 11.3 Å². The zero-order valence-electron chi connectivity index (χ0n) is 15.9. The van der Waals surface area contributed by atoms with E-state index in [2.05, 4.69) is 42.8 Å². The minimum Gasteiger partial charge on any atom is -0.481 e. The second-order valence-corrected chi connectivity index (χ2v) is 7.05. The van der Waals surface area contributed by atoms with E-state index in [9.17, 15) is 0 Å². The van der Waals surface area contributed by atoms with E-state index < -0.39 is 5.60 Å². The molecule has 0 amide bonds. The maximum Gasteiger partial charge on any atom is 0.149 e. The summed E-state index contributed by atoms with van der Waals surface area (Å²) in [6.07, 6.45) is 2.60. The zero-order valence-corrected chi connectivity index (χ0v) is 16.7. The van der Waals surface area contributed by atoms with Gasteiger partial charge in [-0.3, -0.25) is 0 Å². The molecule has 0 fully saturated rings. The molecule has 0 radical (unpaired) electrons. The molecule has 1 heterocycles. The minimum atomic E-state index is -0.555. The predicted molar refractivity (Wildman–Crippen MR) is 110 cm³/mol. The van der Waals surface area contributed by atoms with Crippen molar-refractivity contribution in [3.8, 4) is 17.6 Å². The van der Waals surface area contributed by atoms with E-state index in [4.69, 9.17) is 9.47 Å². The van der Waals surface area contributed by atoms with Crippen molar-refractivity contribution in [1.29, 1.82) is 0 Å². The maximum absolute atomic E-state index is 5.93. The van der Waals surface area contributed by atoms with Crippen molar-refractivity contribution in [3.63, 3.8) is 0 Å². The van der Waals surface area contributed by atoms with E-state index in [1.165, 1.54) is 5.56 Å². The molecule has 0 N–H and O–H groups in total. The number of benzene rings is 2. The van der Waals surface area contributed by atoms with Crippen molar-refractivity contribution < 1.29 is 9.47 Å². The molecule has 3 nitrogen and oxygen atoms in total. The lowest BCUT2D eigenvalue weighted by Gasteiger charge is -2.30. The van der Waals surface area contributed by atoms with Crippen molar-refractivity contribution in [3.05, 3.63) is 81.8 Å². The van der Waals surface area contributed by atoms with E-state index in [1.54, 1.807) is 18.4 Å². The molecule has 0 saturated heterocycles. The summed E-state index contributed by atoms with van der Waals surface area (Å²) < 4.78 is 11.8. The second kappa shape index (κ2) is 8.85. The van der Waals surface area contributed by atoms with Crippen molar-refractivity contribution in [2.45, 2.75) is 25.9 Å². The molecule has 4 heteroatoms. The average Bonchev–Trinajstić information content (AvgIpc) is 3.24. The number of methoxy groups -OCH3 is 1. The van der Waals surface area contributed by atoms with Gasteiger partial charge in [0.25, 0.3) is 0 Å². The number of hydrogen-bond donors (Lipinski definition) is 0. The standard InChI is InChI=1S/C23H23NO2S/c1-4-23(25-3,22-24-14-16-27-22)20-12-7-13-21(17-20)26-15-8-11-19-10-6-5-9-18(19)2/h5-7,9-10,12-14,16-17H,4,15H2,1-3H3. The van der Waals surface area contributed by atoms with Crippen LogP contribution in [0.5, 0.6) is 5.75 Å². The third-order valence-corrected chi connectivity index (χ3v) is 5.52. The number of aryl methyl sites for hydroxylation is 1. The molecule has 138 valence electrons. The summed E-state index contributed by atoms with van der Waals surface area (Å²) in [5.74, 6) is 7.03. The average molecular weight is 378 g/mol. The predicted octanol–water partition coefficient (Wildman–Crippen LogP) is 5.18. The van der Waals surface area contributed by atoms with Gasteiger partial charge in [-0.25, -0.2) is 4.98 Å². The molecule has 1 atom stereocenters. The molecule has 0 spiro atoms. The summed E-state index contributed by atoms with van der Waals surface area (Å²) in [5.41, 5.74) is 2.68. The van der Waals surface area contributed by atoms with Crippen LogP contribution in [0.4, 0.5) is 0 Å². The van der Waals surface area contributed by atoms with Crippen LogP contribution in [0.3, 0.4) is 0 Å². The van der Waals surface area contributed by atoms with Crippen LogP contribution in [0.25, 0.3) is 0 Å². The van der Waals surface area contributed by atoms with Crippen LogP contribution in [0.2, 0.25) is 0 Å². The molecule has 1 aromatic heterocycles. The monoisotopic (exact) mass is 377 g/mol. The molecule has 1 unspecified atom stereocenters. The molecular formula is C23H23NO2S. The molecular weight excluding hydrogens is 354 g/mol. The largest absolute Gasteiger partial charge is 0.481 e. The normalized spacial score (nSPS) is 12.7. The number of nitrogens with zero attached hydrogens (tertiary/aromatic N) is 1. The lowest BCUT2D eigenvalue weighted by Crippen LogP contribution is -2.29. The van der Waals surface area contributed by atoms with E-state index in [0.717, 1.165) is 28.3 Å². The van der Waals surface area contributed by atoms with E-state index in [0.29, 0.717) is 6.61 Å². The molecule has 0 bridgehead atoms. The molecule has 27 heavy (non-hydrogen) atoms. The number of thiazole rings is 1. The Morgan fingerprint density at radius 1 is 1.15 bits per heavy atom. The maximum atomic E-state index is 5.93. The highest BCUT2D eigenvalue weighted by Crippen LogP contribution is 2.38.